The van der Waals surface area contributed by atoms with Gasteiger partial charge < -0.3 is 15.9 Å². The molecular weight excluding hydrogens is 118 g/mol. The van der Waals surface area contributed by atoms with Crippen LogP contribution in [0.5, 0.6) is 0 Å². The van der Waals surface area contributed by atoms with Crippen LogP contribution in [0.15, 0.2) is 0 Å². The Morgan fingerprint density at radius 3 is 2.33 bits per heavy atom. The summed E-state index contributed by atoms with van der Waals surface area (Å²) in [4.78, 5) is 0. The van der Waals surface area contributed by atoms with Crippen LogP contribution >= 0.6 is 0 Å². The maximum Gasteiger partial charge on any atom is 0.0694 e. The molecule has 1 aliphatic rings. The average Bonchev–Trinajstić information content (AvgIpc) is 2.13. The minimum absolute atomic E-state index is 0.109. The molecule has 0 aromatic carbocycles. The number of aliphatic hydroxyl groups is 2. The van der Waals surface area contributed by atoms with Crippen molar-refractivity contribution in [3.63, 3.8) is 0 Å². The Labute approximate surface area is 54.5 Å². The number of hydrogen-bond acceptors (Lipinski definition) is 3. The lowest BCUT2D eigenvalue weighted by molar-refractivity contribution is 0.153. The van der Waals surface area contributed by atoms with Crippen molar-refractivity contribution in [2.75, 3.05) is 6.61 Å². The molecule has 1 rings (SSSR count). The lowest BCUT2D eigenvalue weighted by atomic mass is 10.1. The summed E-state index contributed by atoms with van der Waals surface area (Å²) >= 11 is 0. The van der Waals surface area contributed by atoms with E-state index in [-0.39, 0.29) is 24.7 Å². The number of rotatable bonds is 1. The first-order valence-corrected chi connectivity index (χ1v) is 3.28. The van der Waals surface area contributed by atoms with Crippen LogP contribution in [-0.2, 0) is 0 Å². The van der Waals surface area contributed by atoms with Crippen molar-refractivity contribution in [1.82, 2.24) is 0 Å². The van der Waals surface area contributed by atoms with E-state index in [0.29, 0.717) is 6.42 Å². The zero-order chi connectivity index (χ0) is 6.85. The molecule has 54 valence electrons. The Balaban J connectivity index is 2.35. The first-order chi connectivity index (χ1) is 4.24. The van der Waals surface area contributed by atoms with E-state index < -0.39 is 0 Å². The summed E-state index contributed by atoms with van der Waals surface area (Å²) in [5.74, 6) is 0.231. The van der Waals surface area contributed by atoms with Gasteiger partial charge in [0.25, 0.3) is 0 Å². The van der Waals surface area contributed by atoms with Crippen molar-refractivity contribution in [2.24, 2.45) is 11.7 Å². The van der Waals surface area contributed by atoms with Crippen LogP contribution < -0.4 is 5.73 Å². The summed E-state index contributed by atoms with van der Waals surface area (Å²) in [5, 5.41) is 17.7. The lowest BCUT2D eigenvalue weighted by Gasteiger charge is -2.04. The molecule has 0 bridgehead atoms. The summed E-state index contributed by atoms with van der Waals surface area (Å²) in [6.07, 6.45) is 1.04. The average molecular weight is 131 g/mol. The molecule has 1 saturated carbocycles. The molecule has 0 spiro atoms. The van der Waals surface area contributed by atoms with Gasteiger partial charge in [-0.1, -0.05) is 0 Å². The van der Waals surface area contributed by atoms with Gasteiger partial charge in [0, 0.05) is 12.6 Å². The number of nitrogens with two attached hydrogens (primary N) is 1. The molecular formula is C6H13NO2. The van der Waals surface area contributed by atoms with E-state index in [0.717, 1.165) is 6.42 Å². The maximum atomic E-state index is 9.06. The van der Waals surface area contributed by atoms with Crippen molar-refractivity contribution < 1.29 is 10.2 Å². The predicted octanol–water partition coefficient (Wildman–Crippen LogP) is -0.923. The molecule has 4 N–H and O–H groups in total. The largest absolute Gasteiger partial charge is 0.396 e. The molecule has 0 unspecified atom stereocenters. The molecule has 3 nitrogen and oxygen atoms in total. The molecule has 3 heteroatoms. The molecule has 0 amide bonds. The summed E-state index contributed by atoms with van der Waals surface area (Å²) in [6.45, 7) is 0.158. The molecule has 1 aliphatic carbocycles. The highest BCUT2D eigenvalue weighted by molar-refractivity contribution is 4.85. The molecule has 0 heterocycles. The molecule has 0 aromatic rings. The van der Waals surface area contributed by atoms with Crippen molar-refractivity contribution in [3.05, 3.63) is 0 Å². The first-order valence-electron chi connectivity index (χ1n) is 3.28. The molecule has 1 fully saturated rings. The molecule has 0 saturated heterocycles. The van der Waals surface area contributed by atoms with Crippen LogP contribution in [0.4, 0.5) is 0 Å². The Bertz CT molecular complexity index is 87.1. The molecule has 9 heavy (non-hydrogen) atoms. The van der Waals surface area contributed by atoms with Crippen LogP contribution in [0.3, 0.4) is 0 Å². The third-order valence-corrected chi connectivity index (χ3v) is 1.93. The van der Waals surface area contributed by atoms with E-state index in [2.05, 4.69) is 0 Å². The lowest BCUT2D eigenvalue weighted by Crippen LogP contribution is -2.28. The van der Waals surface area contributed by atoms with E-state index in [9.17, 15) is 0 Å². The summed E-state index contributed by atoms with van der Waals surface area (Å²) in [6, 6.07) is -0.109. The highest BCUT2D eigenvalue weighted by Crippen LogP contribution is 2.23. The second kappa shape index (κ2) is 2.64. The highest BCUT2D eigenvalue weighted by atomic mass is 16.3. The van der Waals surface area contributed by atoms with Crippen molar-refractivity contribution >= 4 is 0 Å². The van der Waals surface area contributed by atoms with E-state index >= 15 is 0 Å². The highest BCUT2D eigenvalue weighted by Gasteiger charge is 2.29. The SMILES string of the molecule is N[C@@H]1C[C@@H](CO)C[C@H]1O. The minimum Gasteiger partial charge on any atom is -0.396 e. The van der Waals surface area contributed by atoms with Crippen molar-refractivity contribution in [3.8, 4) is 0 Å². The van der Waals surface area contributed by atoms with Gasteiger partial charge in [-0.3, -0.25) is 0 Å². The van der Waals surface area contributed by atoms with E-state index in [4.69, 9.17) is 15.9 Å². The Kier molecular flexibility index (Phi) is 2.05. The normalized spacial score (nSPS) is 43.7. The van der Waals surface area contributed by atoms with Gasteiger partial charge in [0.15, 0.2) is 0 Å². The second-order valence-corrected chi connectivity index (χ2v) is 2.75. The van der Waals surface area contributed by atoms with Gasteiger partial charge in [0.1, 0.15) is 0 Å². The maximum absolute atomic E-state index is 9.06. The Morgan fingerprint density at radius 1 is 1.44 bits per heavy atom. The van der Waals surface area contributed by atoms with Gasteiger partial charge in [-0.25, -0.2) is 0 Å². The third-order valence-electron chi connectivity index (χ3n) is 1.93. The summed E-state index contributed by atoms with van der Waals surface area (Å²) < 4.78 is 0. The van der Waals surface area contributed by atoms with Crippen molar-refractivity contribution in [2.45, 2.75) is 25.0 Å². The number of hydrogen-bond donors (Lipinski definition) is 3. The van der Waals surface area contributed by atoms with Crippen molar-refractivity contribution in [1.29, 1.82) is 0 Å². The Morgan fingerprint density at radius 2 is 2.11 bits per heavy atom. The summed E-state index contributed by atoms with van der Waals surface area (Å²) in [7, 11) is 0. The molecule has 0 aromatic heterocycles. The topological polar surface area (TPSA) is 66.5 Å². The van der Waals surface area contributed by atoms with Gasteiger partial charge in [-0.2, -0.15) is 0 Å². The van der Waals surface area contributed by atoms with Gasteiger partial charge >= 0.3 is 0 Å². The predicted molar refractivity (Wildman–Crippen MR) is 33.8 cm³/mol. The van der Waals surface area contributed by atoms with E-state index in [1.165, 1.54) is 0 Å². The third kappa shape index (κ3) is 1.41. The molecule has 0 aliphatic heterocycles. The standard InChI is InChI=1S/C6H13NO2/c7-5-1-4(3-8)2-6(5)9/h4-6,8-9H,1-3,7H2/t4-,5-,6-/m1/s1. The van der Waals surface area contributed by atoms with Gasteiger partial charge in [-0.15, -0.1) is 0 Å². The van der Waals surface area contributed by atoms with Gasteiger partial charge in [-0.05, 0) is 18.8 Å². The van der Waals surface area contributed by atoms with E-state index in [1.807, 2.05) is 0 Å². The van der Waals surface area contributed by atoms with Crippen LogP contribution in [0.2, 0.25) is 0 Å². The van der Waals surface area contributed by atoms with Crippen LogP contribution in [0.25, 0.3) is 0 Å². The molecule has 3 atom stereocenters. The van der Waals surface area contributed by atoms with E-state index in [1.54, 1.807) is 0 Å². The zero-order valence-electron chi connectivity index (χ0n) is 5.33. The van der Waals surface area contributed by atoms with Crippen LogP contribution in [-0.4, -0.2) is 29.0 Å². The smallest absolute Gasteiger partial charge is 0.0694 e. The first kappa shape index (κ1) is 6.99. The van der Waals surface area contributed by atoms with Gasteiger partial charge in [0.05, 0.1) is 6.10 Å². The fourth-order valence-corrected chi connectivity index (χ4v) is 1.30. The van der Waals surface area contributed by atoms with Crippen LogP contribution in [0, 0.1) is 5.92 Å². The number of aliphatic hydroxyl groups excluding tert-OH is 2. The molecule has 0 radical (unpaired) electrons. The quantitative estimate of drug-likeness (QED) is 0.431. The fourth-order valence-electron chi connectivity index (χ4n) is 1.30. The Hall–Kier alpha value is -0.120. The zero-order valence-corrected chi connectivity index (χ0v) is 5.33. The second-order valence-electron chi connectivity index (χ2n) is 2.75. The summed E-state index contributed by atoms with van der Waals surface area (Å²) in [5.41, 5.74) is 5.48. The fraction of sp³-hybridized carbons (Fsp3) is 1.00. The monoisotopic (exact) mass is 131 g/mol. The van der Waals surface area contributed by atoms with Gasteiger partial charge in [0.2, 0.25) is 0 Å². The van der Waals surface area contributed by atoms with Crippen LogP contribution in [0.1, 0.15) is 12.8 Å². The minimum atomic E-state index is -0.387.